The minimum atomic E-state index is -4.80. The molecule has 260 valence electrons. The molecule has 1 aromatic heterocycles. The molecule has 4 aromatic rings. The molecule has 3 heterocycles. The average Bonchev–Trinajstić information content (AvgIpc) is 3.48. The molecule has 1 saturated carbocycles. The molecule has 51 heavy (non-hydrogen) atoms. The number of carbonyl (C=O) groups is 4. The fourth-order valence-electron chi connectivity index (χ4n) is 8.92. The lowest BCUT2D eigenvalue weighted by Crippen LogP contribution is -2.49. The quantitative estimate of drug-likeness (QED) is 0.181. The van der Waals surface area contributed by atoms with E-state index < -0.39 is 76.3 Å². The molecule has 4 amide bonds. The summed E-state index contributed by atoms with van der Waals surface area (Å²) in [6.45, 7) is 1.73. The predicted octanol–water partition coefficient (Wildman–Crippen LogP) is 6.89. The molecule has 2 aliphatic heterocycles. The highest BCUT2D eigenvalue weighted by atomic mass is 35.5. The van der Waals surface area contributed by atoms with Crippen molar-refractivity contribution >= 4 is 57.5 Å². The maximum absolute atomic E-state index is 14.7. The summed E-state index contributed by atoms with van der Waals surface area (Å²) in [5.74, 6) is -7.17. The zero-order valence-electron chi connectivity index (χ0n) is 27.3. The van der Waals surface area contributed by atoms with E-state index in [0.717, 1.165) is 21.5 Å². The number of pyridine rings is 1. The van der Waals surface area contributed by atoms with Crippen LogP contribution in [0.25, 0.3) is 10.8 Å². The predicted molar refractivity (Wildman–Crippen MR) is 181 cm³/mol. The first kappa shape index (κ1) is 32.9. The number of hydrogen-bond donors (Lipinski definition) is 1. The molecule has 0 bridgehead atoms. The van der Waals surface area contributed by atoms with Gasteiger partial charge in [0.2, 0.25) is 11.8 Å². The Labute approximate surface area is 294 Å². The highest BCUT2D eigenvalue weighted by Crippen LogP contribution is 2.65. The second-order valence-corrected chi connectivity index (χ2v) is 14.1. The Bertz CT molecular complexity index is 2210. The highest BCUT2D eigenvalue weighted by molar-refractivity contribution is 6.33. The molecule has 13 heteroatoms. The normalized spacial score (nSPS) is 27.4. The molecule has 8 rings (SSSR count). The number of benzene rings is 3. The van der Waals surface area contributed by atoms with Gasteiger partial charge in [-0.15, -0.1) is 0 Å². The van der Waals surface area contributed by atoms with Crippen LogP contribution in [0.5, 0.6) is 5.75 Å². The molecular formula is C38H30ClF3N4O5. The molecule has 0 spiro atoms. The Hall–Kier alpha value is -5.23. The van der Waals surface area contributed by atoms with Crippen molar-refractivity contribution in [2.75, 3.05) is 17.0 Å². The van der Waals surface area contributed by atoms with Crippen molar-refractivity contribution in [1.82, 2.24) is 9.99 Å². The van der Waals surface area contributed by atoms with Crippen LogP contribution in [0.3, 0.4) is 0 Å². The Balaban J connectivity index is 1.27. The van der Waals surface area contributed by atoms with Crippen LogP contribution in [0.2, 0.25) is 5.02 Å². The van der Waals surface area contributed by atoms with Gasteiger partial charge in [-0.2, -0.15) is 18.2 Å². The van der Waals surface area contributed by atoms with Crippen molar-refractivity contribution in [3.63, 3.8) is 0 Å². The number of imide groups is 2. The van der Waals surface area contributed by atoms with Crippen molar-refractivity contribution in [1.29, 1.82) is 0 Å². The fourth-order valence-corrected chi connectivity index (χ4v) is 9.15. The number of halogens is 4. The van der Waals surface area contributed by atoms with Crippen LogP contribution in [0.4, 0.5) is 24.7 Å². The summed E-state index contributed by atoms with van der Waals surface area (Å²) >= 11 is 6.27. The molecular weight excluding hydrogens is 685 g/mol. The zero-order chi connectivity index (χ0) is 36.1. The molecule has 4 aliphatic rings. The second-order valence-electron chi connectivity index (χ2n) is 13.7. The first-order chi connectivity index (χ1) is 24.2. The molecule has 1 N–H and O–H groups in total. The van der Waals surface area contributed by atoms with E-state index in [1.165, 1.54) is 11.9 Å². The number of carbonyl (C=O) groups excluding carboxylic acids is 4. The number of phenolic OH excluding ortho intramolecular Hbond substituents is 1. The summed E-state index contributed by atoms with van der Waals surface area (Å²) in [5.41, 5.74) is -1.15. The third-order valence-corrected chi connectivity index (χ3v) is 11.5. The number of para-hydroxylation sites is 1. The number of nitrogens with zero attached hydrogens (tertiary/aromatic N) is 4. The molecule has 3 aromatic carbocycles. The Morgan fingerprint density at radius 3 is 2.33 bits per heavy atom. The van der Waals surface area contributed by atoms with Crippen LogP contribution in [0, 0.1) is 29.1 Å². The van der Waals surface area contributed by atoms with E-state index in [0.29, 0.717) is 28.3 Å². The topological polar surface area (TPSA) is 111 Å². The SMILES string of the molecule is CN(c1nc(C(F)(F)F)ccc1Cl)N1C(=O)[C@H]2[C@H](CC=C3[C@H]2C[C@H]2C(=O)N(c4ccccc4)C(=O)[C@@]2(C)[C@H]3c2c(O)ccc3ccccc23)C1=O. The van der Waals surface area contributed by atoms with E-state index >= 15 is 0 Å². The summed E-state index contributed by atoms with van der Waals surface area (Å²) in [4.78, 5) is 62.5. The van der Waals surface area contributed by atoms with Gasteiger partial charge < -0.3 is 5.11 Å². The number of phenols is 1. The number of allylic oxidation sites excluding steroid dienone is 2. The number of aromatic hydroxyl groups is 1. The molecule has 9 nitrogen and oxygen atoms in total. The van der Waals surface area contributed by atoms with Gasteiger partial charge >= 0.3 is 6.18 Å². The Kier molecular flexibility index (Phi) is 7.36. The lowest BCUT2D eigenvalue weighted by Gasteiger charge is -2.49. The zero-order valence-corrected chi connectivity index (χ0v) is 28.0. The molecule has 2 aliphatic carbocycles. The van der Waals surface area contributed by atoms with Crippen LogP contribution in [-0.4, -0.2) is 45.8 Å². The monoisotopic (exact) mass is 714 g/mol. The maximum atomic E-state index is 14.7. The molecule has 0 unspecified atom stereocenters. The Morgan fingerprint density at radius 2 is 1.61 bits per heavy atom. The van der Waals surface area contributed by atoms with Gasteiger partial charge in [0.15, 0.2) is 5.82 Å². The maximum Gasteiger partial charge on any atom is 0.433 e. The molecule has 6 atom stereocenters. The van der Waals surface area contributed by atoms with E-state index in [9.17, 15) is 37.5 Å². The van der Waals surface area contributed by atoms with Crippen molar-refractivity contribution in [3.05, 3.63) is 107 Å². The largest absolute Gasteiger partial charge is 0.508 e. The number of fused-ring (bicyclic) bond motifs is 5. The van der Waals surface area contributed by atoms with Gasteiger partial charge in [-0.25, -0.2) is 9.88 Å². The van der Waals surface area contributed by atoms with Crippen molar-refractivity contribution in [3.8, 4) is 5.75 Å². The van der Waals surface area contributed by atoms with E-state index in [1.54, 1.807) is 49.4 Å². The van der Waals surface area contributed by atoms with Crippen molar-refractivity contribution in [2.45, 2.75) is 31.9 Å². The first-order valence-corrected chi connectivity index (χ1v) is 16.8. The first-order valence-electron chi connectivity index (χ1n) is 16.4. The van der Waals surface area contributed by atoms with Gasteiger partial charge in [0, 0.05) is 18.5 Å². The minimum Gasteiger partial charge on any atom is -0.508 e. The van der Waals surface area contributed by atoms with Crippen LogP contribution in [-0.2, 0) is 25.4 Å². The number of hydrogen-bond acceptors (Lipinski definition) is 7. The fraction of sp³-hybridized carbons (Fsp3) is 0.289. The molecule has 3 fully saturated rings. The highest BCUT2D eigenvalue weighted by Gasteiger charge is 2.68. The lowest BCUT2D eigenvalue weighted by molar-refractivity contribution is -0.141. The van der Waals surface area contributed by atoms with Gasteiger partial charge in [0.25, 0.3) is 11.8 Å². The van der Waals surface area contributed by atoms with E-state index in [2.05, 4.69) is 4.98 Å². The van der Waals surface area contributed by atoms with Gasteiger partial charge in [-0.3, -0.25) is 24.2 Å². The van der Waals surface area contributed by atoms with E-state index in [4.69, 9.17) is 11.6 Å². The van der Waals surface area contributed by atoms with Crippen molar-refractivity contribution in [2.24, 2.45) is 29.1 Å². The van der Waals surface area contributed by atoms with Gasteiger partial charge in [0.1, 0.15) is 11.4 Å². The minimum absolute atomic E-state index is 0.0541. The van der Waals surface area contributed by atoms with Crippen LogP contribution < -0.4 is 9.91 Å². The number of amides is 4. The second kappa shape index (κ2) is 11.4. The van der Waals surface area contributed by atoms with Gasteiger partial charge in [0.05, 0.1) is 33.9 Å². The number of hydrazine groups is 1. The van der Waals surface area contributed by atoms with Crippen LogP contribution in [0.15, 0.2) is 90.5 Å². The third kappa shape index (κ3) is 4.65. The van der Waals surface area contributed by atoms with E-state index in [1.807, 2.05) is 30.3 Å². The summed E-state index contributed by atoms with van der Waals surface area (Å²) < 4.78 is 40.8. The smallest absolute Gasteiger partial charge is 0.433 e. The number of aromatic nitrogens is 1. The number of anilines is 2. The summed E-state index contributed by atoms with van der Waals surface area (Å²) in [7, 11) is 1.25. The standard InChI is InChI=1S/C38H30ClF3N4O5/c1-37-25(34(49)45(36(37)51)20-9-4-3-5-10-20)18-24-22(31(37)30-21-11-7-6-8-19(21)12-16-27(30)47)13-14-23-29(24)35(50)46(33(23)48)44(2)32-26(39)15-17-28(43-32)38(40,41)42/h3-13,15-17,23-25,29,31,47H,14,18H2,1-2H3/t23-,24+,25-,29-,31+,37+/m0/s1. The lowest BCUT2D eigenvalue weighted by atomic mass is 9.51. The van der Waals surface area contributed by atoms with Crippen molar-refractivity contribution < 1.29 is 37.5 Å². The van der Waals surface area contributed by atoms with E-state index in [-0.39, 0.29) is 23.6 Å². The summed E-state index contributed by atoms with van der Waals surface area (Å²) in [5, 5.41) is 14.6. The summed E-state index contributed by atoms with van der Waals surface area (Å²) in [6, 6.07) is 21.0. The van der Waals surface area contributed by atoms with Gasteiger partial charge in [-0.1, -0.05) is 71.8 Å². The average molecular weight is 715 g/mol. The third-order valence-electron chi connectivity index (χ3n) is 11.2. The molecule has 2 saturated heterocycles. The number of alkyl halides is 3. The van der Waals surface area contributed by atoms with Crippen LogP contribution >= 0.6 is 11.6 Å². The summed E-state index contributed by atoms with van der Waals surface area (Å²) in [6.07, 6.45) is -2.82. The van der Waals surface area contributed by atoms with Crippen LogP contribution in [0.1, 0.15) is 36.9 Å². The number of rotatable bonds is 4. The van der Waals surface area contributed by atoms with Gasteiger partial charge in [-0.05, 0) is 66.8 Å². The molecule has 0 radical (unpaired) electrons. The Morgan fingerprint density at radius 1 is 0.902 bits per heavy atom.